The summed E-state index contributed by atoms with van der Waals surface area (Å²) in [5, 5.41) is 3.23. The first-order chi connectivity index (χ1) is 17.2. The molecule has 1 saturated heterocycles. The third kappa shape index (κ3) is 4.92. The summed E-state index contributed by atoms with van der Waals surface area (Å²) in [6.07, 6.45) is 1.56. The van der Waals surface area contributed by atoms with Gasteiger partial charge >= 0.3 is 0 Å². The lowest BCUT2D eigenvalue weighted by atomic mass is 9.83. The molecular weight excluding hydrogens is 438 g/mol. The van der Waals surface area contributed by atoms with Crippen molar-refractivity contribution in [3.05, 3.63) is 83.9 Å². The number of hydrogen-bond donors (Lipinski definition) is 1. The van der Waals surface area contributed by atoms with E-state index in [0.29, 0.717) is 6.54 Å². The third-order valence-electron chi connectivity index (χ3n) is 7.25. The highest BCUT2D eigenvalue weighted by atomic mass is 16.5. The van der Waals surface area contributed by atoms with Gasteiger partial charge in [0.05, 0.1) is 26.2 Å². The van der Waals surface area contributed by atoms with E-state index in [2.05, 4.69) is 51.5 Å². The minimum atomic E-state index is -0.118. The summed E-state index contributed by atoms with van der Waals surface area (Å²) < 4.78 is 10.8. The number of piperazine rings is 1. The van der Waals surface area contributed by atoms with E-state index in [-0.39, 0.29) is 17.9 Å². The number of carbonyl (C=O) groups is 1. The summed E-state index contributed by atoms with van der Waals surface area (Å²) >= 11 is 0. The van der Waals surface area contributed by atoms with Crippen LogP contribution >= 0.6 is 0 Å². The lowest BCUT2D eigenvalue weighted by molar-refractivity contribution is -0.125. The minimum Gasteiger partial charge on any atom is -0.497 e. The molecule has 2 aliphatic rings. The Hall–Kier alpha value is -3.67. The summed E-state index contributed by atoms with van der Waals surface area (Å²) in [5.74, 6) is 1.72. The highest BCUT2D eigenvalue weighted by Crippen LogP contribution is 2.39. The number of anilines is 2. The fourth-order valence-corrected chi connectivity index (χ4v) is 5.34. The Bertz CT molecular complexity index is 1150. The maximum atomic E-state index is 13.5. The van der Waals surface area contributed by atoms with Crippen molar-refractivity contribution in [3.8, 4) is 11.5 Å². The molecule has 3 aromatic rings. The van der Waals surface area contributed by atoms with Crippen molar-refractivity contribution in [2.24, 2.45) is 5.92 Å². The molecule has 0 unspecified atom stereocenters. The molecule has 1 fully saturated rings. The van der Waals surface area contributed by atoms with Crippen LogP contribution < -0.4 is 24.6 Å². The lowest BCUT2D eigenvalue weighted by Gasteiger charge is -2.49. The SMILES string of the molecule is COc1ccc(N2CCN3c4cc(OC)ccc4C[C@@H](C(=O)NCCc4ccccc4)[C@@H]3C2)cc1. The van der Waals surface area contributed by atoms with Crippen molar-refractivity contribution in [2.45, 2.75) is 18.9 Å². The summed E-state index contributed by atoms with van der Waals surface area (Å²) in [7, 11) is 3.38. The highest BCUT2D eigenvalue weighted by molar-refractivity contribution is 5.82. The summed E-state index contributed by atoms with van der Waals surface area (Å²) in [5.41, 5.74) is 4.80. The van der Waals surface area contributed by atoms with Crippen LogP contribution in [0.5, 0.6) is 11.5 Å². The first-order valence-corrected chi connectivity index (χ1v) is 12.3. The van der Waals surface area contributed by atoms with Crippen molar-refractivity contribution >= 4 is 17.3 Å². The number of methoxy groups -OCH3 is 2. The summed E-state index contributed by atoms with van der Waals surface area (Å²) in [6, 6.07) is 24.8. The van der Waals surface area contributed by atoms with Crippen LogP contribution in [0.15, 0.2) is 72.8 Å². The van der Waals surface area contributed by atoms with Crippen LogP contribution in [0, 0.1) is 5.92 Å². The average Bonchev–Trinajstić information content (AvgIpc) is 2.92. The monoisotopic (exact) mass is 471 g/mol. The van der Waals surface area contributed by atoms with E-state index < -0.39 is 0 Å². The van der Waals surface area contributed by atoms with Gasteiger partial charge in [-0.25, -0.2) is 0 Å². The Morgan fingerprint density at radius 3 is 2.43 bits per heavy atom. The molecule has 35 heavy (non-hydrogen) atoms. The Morgan fingerprint density at radius 1 is 0.943 bits per heavy atom. The van der Waals surface area contributed by atoms with Crippen LogP contribution in [-0.4, -0.2) is 52.3 Å². The van der Waals surface area contributed by atoms with Crippen molar-refractivity contribution in [2.75, 3.05) is 50.2 Å². The van der Waals surface area contributed by atoms with E-state index in [4.69, 9.17) is 9.47 Å². The molecule has 182 valence electrons. The molecule has 0 spiro atoms. The second kappa shape index (κ2) is 10.3. The molecule has 1 amide bonds. The molecule has 0 radical (unpaired) electrons. The van der Waals surface area contributed by atoms with Crippen LogP contribution in [-0.2, 0) is 17.6 Å². The Morgan fingerprint density at radius 2 is 1.69 bits per heavy atom. The molecule has 0 bridgehead atoms. The van der Waals surface area contributed by atoms with Crippen molar-refractivity contribution in [1.29, 1.82) is 0 Å². The van der Waals surface area contributed by atoms with Crippen molar-refractivity contribution < 1.29 is 14.3 Å². The number of carbonyl (C=O) groups excluding carboxylic acids is 1. The number of fused-ring (bicyclic) bond motifs is 3. The van der Waals surface area contributed by atoms with Crippen molar-refractivity contribution in [3.63, 3.8) is 0 Å². The molecule has 2 aliphatic heterocycles. The number of benzene rings is 3. The molecular formula is C29H33N3O3. The van der Waals surface area contributed by atoms with Crippen LogP contribution in [0.1, 0.15) is 11.1 Å². The molecule has 6 heteroatoms. The second-order valence-electron chi connectivity index (χ2n) is 9.24. The van der Waals surface area contributed by atoms with E-state index in [9.17, 15) is 4.79 Å². The number of amides is 1. The van der Waals surface area contributed by atoms with Gasteiger partial charge in [0.2, 0.25) is 5.91 Å². The number of rotatable bonds is 7. The molecule has 3 aromatic carbocycles. The van der Waals surface area contributed by atoms with Gasteiger partial charge in [-0.15, -0.1) is 0 Å². The standard InChI is InChI=1S/C29H33N3O3/c1-34-24-12-9-23(10-13-24)31-16-17-32-27-19-25(35-2)11-8-22(27)18-26(28(32)20-31)29(33)30-15-14-21-6-4-3-5-7-21/h3-13,19,26,28H,14-18,20H2,1-2H3,(H,30,33)/t26-,28+/m1/s1. The van der Waals surface area contributed by atoms with Crippen molar-refractivity contribution in [1.82, 2.24) is 5.32 Å². The fourth-order valence-electron chi connectivity index (χ4n) is 5.34. The van der Waals surface area contributed by atoms with Gasteiger partial charge in [-0.1, -0.05) is 36.4 Å². The Kier molecular flexibility index (Phi) is 6.80. The molecule has 6 nitrogen and oxygen atoms in total. The highest BCUT2D eigenvalue weighted by Gasteiger charge is 2.41. The molecule has 2 atom stereocenters. The molecule has 0 aliphatic carbocycles. The zero-order chi connectivity index (χ0) is 24.2. The number of hydrogen-bond acceptors (Lipinski definition) is 5. The normalized spacial score (nSPS) is 18.9. The van der Waals surface area contributed by atoms with Crippen LogP contribution in [0.3, 0.4) is 0 Å². The van der Waals surface area contributed by atoms with Gasteiger partial charge in [0.15, 0.2) is 0 Å². The second-order valence-corrected chi connectivity index (χ2v) is 9.24. The molecule has 2 heterocycles. The minimum absolute atomic E-state index is 0.0854. The number of ether oxygens (including phenoxy) is 2. The number of nitrogens with one attached hydrogen (secondary N) is 1. The van der Waals surface area contributed by atoms with Gasteiger partial charge in [-0.2, -0.15) is 0 Å². The molecule has 0 saturated carbocycles. The fraction of sp³-hybridized carbons (Fsp3) is 0.345. The summed E-state index contributed by atoms with van der Waals surface area (Å²) in [6.45, 7) is 3.18. The van der Waals surface area contributed by atoms with E-state index in [1.165, 1.54) is 16.8 Å². The lowest BCUT2D eigenvalue weighted by Crippen LogP contribution is -2.61. The topological polar surface area (TPSA) is 54.0 Å². The average molecular weight is 472 g/mol. The van der Waals surface area contributed by atoms with Gasteiger partial charge in [0, 0.05) is 43.6 Å². The first kappa shape index (κ1) is 23.1. The van der Waals surface area contributed by atoms with E-state index in [0.717, 1.165) is 49.7 Å². The van der Waals surface area contributed by atoms with Crippen LogP contribution in [0.25, 0.3) is 0 Å². The largest absolute Gasteiger partial charge is 0.497 e. The molecule has 0 aromatic heterocycles. The Labute approximate surface area is 207 Å². The quantitative estimate of drug-likeness (QED) is 0.566. The maximum Gasteiger partial charge on any atom is 0.225 e. The number of nitrogens with zero attached hydrogens (tertiary/aromatic N) is 2. The third-order valence-corrected chi connectivity index (χ3v) is 7.25. The molecule has 1 N–H and O–H groups in total. The molecule has 5 rings (SSSR count). The van der Waals surface area contributed by atoms with Gasteiger partial charge in [0.25, 0.3) is 0 Å². The predicted octanol–water partition coefficient (Wildman–Crippen LogP) is 3.93. The first-order valence-electron chi connectivity index (χ1n) is 12.3. The zero-order valence-corrected chi connectivity index (χ0v) is 20.4. The van der Waals surface area contributed by atoms with E-state index in [1.807, 2.05) is 36.4 Å². The smallest absolute Gasteiger partial charge is 0.225 e. The van der Waals surface area contributed by atoms with E-state index in [1.54, 1.807) is 14.2 Å². The zero-order valence-electron chi connectivity index (χ0n) is 20.4. The van der Waals surface area contributed by atoms with Gasteiger partial charge in [-0.3, -0.25) is 4.79 Å². The summed E-state index contributed by atoms with van der Waals surface area (Å²) in [4.78, 5) is 18.3. The van der Waals surface area contributed by atoms with Crippen LogP contribution in [0.4, 0.5) is 11.4 Å². The maximum absolute atomic E-state index is 13.5. The predicted molar refractivity (Wildman–Crippen MR) is 140 cm³/mol. The van der Waals surface area contributed by atoms with Gasteiger partial charge in [-0.05, 0) is 54.3 Å². The van der Waals surface area contributed by atoms with E-state index >= 15 is 0 Å². The van der Waals surface area contributed by atoms with Gasteiger partial charge in [0.1, 0.15) is 11.5 Å². The Balaban J connectivity index is 1.36. The van der Waals surface area contributed by atoms with Gasteiger partial charge < -0.3 is 24.6 Å². The van der Waals surface area contributed by atoms with Crippen LogP contribution in [0.2, 0.25) is 0 Å².